The molecule has 0 aromatic carbocycles. The first-order valence-electron chi connectivity index (χ1n) is 4.83. The summed E-state index contributed by atoms with van der Waals surface area (Å²) in [5.41, 5.74) is 0.894. The van der Waals surface area contributed by atoms with E-state index in [-0.39, 0.29) is 0 Å². The molecule has 1 aliphatic rings. The maximum atomic E-state index is 11.4. The van der Waals surface area contributed by atoms with Gasteiger partial charge in [-0.2, -0.15) is 12.7 Å². The molecule has 15 heavy (non-hydrogen) atoms. The molecule has 1 fully saturated rings. The van der Waals surface area contributed by atoms with E-state index in [1.165, 1.54) is 4.31 Å². The number of rotatable bonds is 5. The highest BCUT2D eigenvalue weighted by atomic mass is 32.2. The summed E-state index contributed by atoms with van der Waals surface area (Å²) in [5.74, 6) is 0. The molecule has 0 radical (unpaired) electrons. The summed E-state index contributed by atoms with van der Waals surface area (Å²) in [5, 5.41) is 0. The van der Waals surface area contributed by atoms with Crippen LogP contribution in [0.1, 0.15) is 5.69 Å². The monoisotopic (exact) mass is 227 g/mol. The third kappa shape index (κ3) is 2.98. The summed E-state index contributed by atoms with van der Waals surface area (Å²) >= 11 is 0. The first-order chi connectivity index (χ1) is 7.18. The highest BCUT2D eigenvalue weighted by Crippen LogP contribution is 2.08. The van der Waals surface area contributed by atoms with E-state index in [1.807, 2.05) is 18.2 Å². The number of nitrogens with one attached hydrogen (secondary N) is 1. The van der Waals surface area contributed by atoms with E-state index in [1.54, 1.807) is 6.20 Å². The number of nitrogens with zero attached hydrogens (tertiary/aromatic N) is 2. The molecule has 0 amide bonds. The van der Waals surface area contributed by atoms with Crippen molar-refractivity contribution in [2.45, 2.75) is 6.42 Å². The van der Waals surface area contributed by atoms with Crippen LogP contribution in [0.15, 0.2) is 24.4 Å². The second-order valence-corrected chi connectivity index (χ2v) is 5.12. The lowest BCUT2D eigenvalue weighted by atomic mass is 10.3. The summed E-state index contributed by atoms with van der Waals surface area (Å²) in [4.78, 5) is 4.11. The Hall–Kier alpha value is -0.980. The predicted molar refractivity (Wildman–Crippen MR) is 56.4 cm³/mol. The van der Waals surface area contributed by atoms with E-state index < -0.39 is 10.2 Å². The molecule has 1 aliphatic heterocycles. The molecule has 0 spiro atoms. The summed E-state index contributed by atoms with van der Waals surface area (Å²) < 4.78 is 26.7. The molecule has 0 atom stereocenters. The SMILES string of the molecule is O=S(=O)(NCCc1ccccn1)N1CC1. The van der Waals surface area contributed by atoms with Crippen LogP contribution >= 0.6 is 0 Å². The minimum atomic E-state index is -3.20. The molecule has 1 saturated heterocycles. The van der Waals surface area contributed by atoms with E-state index in [2.05, 4.69) is 9.71 Å². The van der Waals surface area contributed by atoms with E-state index >= 15 is 0 Å². The van der Waals surface area contributed by atoms with Crippen LogP contribution in [0.3, 0.4) is 0 Å². The zero-order valence-corrected chi connectivity index (χ0v) is 9.07. The summed E-state index contributed by atoms with van der Waals surface area (Å²) in [6, 6.07) is 5.61. The van der Waals surface area contributed by atoms with Gasteiger partial charge in [0.1, 0.15) is 0 Å². The van der Waals surface area contributed by atoms with Gasteiger partial charge in [-0.15, -0.1) is 0 Å². The highest BCUT2D eigenvalue weighted by Gasteiger charge is 2.30. The lowest BCUT2D eigenvalue weighted by Gasteiger charge is -2.05. The van der Waals surface area contributed by atoms with Crippen molar-refractivity contribution >= 4 is 10.2 Å². The molecule has 2 rings (SSSR count). The Morgan fingerprint density at radius 2 is 2.20 bits per heavy atom. The normalized spacial score (nSPS) is 16.5. The van der Waals surface area contributed by atoms with Crippen LogP contribution in [0.4, 0.5) is 0 Å². The van der Waals surface area contributed by atoms with Crippen molar-refractivity contribution in [2.24, 2.45) is 0 Å². The van der Waals surface area contributed by atoms with Crippen molar-refractivity contribution in [2.75, 3.05) is 19.6 Å². The molecule has 2 heterocycles. The van der Waals surface area contributed by atoms with Gasteiger partial charge in [0.25, 0.3) is 10.2 Å². The zero-order chi connectivity index (χ0) is 10.7. The molecule has 0 aliphatic carbocycles. The van der Waals surface area contributed by atoms with Gasteiger partial charge in [-0.05, 0) is 12.1 Å². The van der Waals surface area contributed by atoms with Gasteiger partial charge in [0.05, 0.1) is 0 Å². The van der Waals surface area contributed by atoms with Crippen molar-refractivity contribution in [1.29, 1.82) is 0 Å². The van der Waals surface area contributed by atoms with E-state index in [4.69, 9.17) is 0 Å². The molecule has 0 saturated carbocycles. The van der Waals surface area contributed by atoms with Gasteiger partial charge in [-0.25, -0.2) is 4.72 Å². The molecular formula is C9H13N3O2S. The molecule has 6 heteroatoms. The summed E-state index contributed by atoms with van der Waals surface area (Å²) in [6.07, 6.45) is 2.32. The maximum Gasteiger partial charge on any atom is 0.279 e. The van der Waals surface area contributed by atoms with Gasteiger partial charge in [0.2, 0.25) is 0 Å². The molecule has 1 N–H and O–H groups in total. The van der Waals surface area contributed by atoms with Gasteiger partial charge in [0, 0.05) is 37.9 Å². The number of hydrogen-bond donors (Lipinski definition) is 1. The highest BCUT2D eigenvalue weighted by molar-refractivity contribution is 7.87. The van der Waals surface area contributed by atoms with Crippen LogP contribution in [0.25, 0.3) is 0 Å². The van der Waals surface area contributed by atoms with Crippen LogP contribution in [0.5, 0.6) is 0 Å². The van der Waals surface area contributed by atoms with Crippen molar-refractivity contribution in [1.82, 2.24) is 14.0 Å². The largest absolute Gasteiger partial charge is 0.279 e. The van der Waals surface area contributed by atoms with Crippen LogP contribution in [0.2, 0.25) is 0 Å². The quantitative estimate of drug-likeness (QED) is 0.707. The van der Waals surface area contributed by atoms with E-state index in [0.29, 0.717) is 26.1 Å². The van der Waals surface area contributed by atoms with Crippen LogP contribution in [-0.4, -0.2) is 37.3 Å². The Balaban J connectivity index is 1.80. The molecule has 0 bridgehead atoms. The van der Waals surface area contributed by atoms with Crippen LogP contribution in [-0.2, 0) is 16.6 Å². The Morgan fingerprint density at radius 3 is 2.80 bits per heavy atom. The van der Waals surface area contributed by atoms with Gasteiger partial charge >= 0.3 is 0 Å². The second kappa shape index (κ2) is 4.26. The minimum Gasteiger partial charge on any atom is -0.261 e. The Kier molecular flexibility index (Phi) is 2.99. The third-order valence-corrected chi connectivity index (χ3v) is 3.75. The first-order valence-corrected chi connectivity index (χ1v) is 6.27. The van der Waals surface area contributed by atoms with Crippen molar-refractivity contribution in [3.63, 3.8) is 0 Å². The molecule has 5 nitrogen and oxygen atoms in total. The molecule has 1 aromatic heterocycles. The fraction of sp³-hybridized carbons (Fsp3) is 0.444. The second-order valence-electron chi connectivity index (χ2n) is 3.37. The predicted octanol–water partition coefficient (Wildman–Crippen LogP) is -0.226. The van der Waals surface area contributed by atoms with Crippen molar-refractivity contribution in [3.8, 4) is 0 Å². The molecule has 1 aromatic rings. The van der Waals surface area contributed by atoms with Crippen molar-refractivity contribution < 1.29 is 8.42 Å². The topological polar surface area (TPSA) is 62.1 Å². The van der Waals surface area contributed by atoms with Gasteiger partial charge in [-0.1, -0.05) is 6.07 Å². The average Bonchev–Trinajstić information content (AvgIpc) is 3.02. The lowest BCUT2D eigenvalue weighted by Crippen LogP contribution is -2.31. The fourth-order valence-electron chi connectivity index (χ4n) is 1.23. The Labute approximate surface area is 89.3 Å². The average molecular weight is 227 g/mol. The number of hydrogen-bond acceptors (Lipinski definition) is 3. The van der Waals surface area contributed by atoms with Gasteiger partial charge < -0.3 is 0 Å². The Bertz CT molecular complexity index is 414. The third-order valence-electron chi connectivity index (χ3n) is 2.14. The molecule has 82 valence electrons. The Morgan fingerprint density at radius 1 is 1.40 bits per heavy atom. The van der Waals surface area contributed by atoms with E-state index in [0.717, 1.165) is 5.69 Å². The molecule has 0 unspecified atom stereocenters. The standard InChI is InChI=1S/C9H13N3O2S/c13-15(14,12-7-8-12)11-6-4-9-3-1-2-5-10-9/h1-3,5,11H,4,6-8H2. The van der Waals surface area contributed by atoms with Gasteiger partial charge in [0.15, 0.2) is 0 Å². The fourth-order valence-corrected chi connectivity index (χ4v) is 2.33. The lowest BCUT2D eigenvalue weighted by molar-refractivity contribution is 0.547. The van der Waals surface area contributed by atoms with Crippen LogP contribution in [0, 0.1) is 0 Å². The minimum absolute atomic E-state index is 0.399. The maximum absolute atomic E-state index is 11.4. The smallest absolute Gasteiger partial charge is 0.261 e. The zero-order valence-electron chi connectivity index (χ0n) is 8.26. The summed E-state index contributed by atoms with van der Waals surface area (Å²) in [6.45, 7) is 1.67. The summed E-state index contributed by atoms with van der Waals surface area (Å²) in [7, 11) is -3.20. The van der Waals surface area contributed by atoms with Crippen molar-refractivity contribution in [3.05, 3.63) is 30.1 Å². The first kappa shape index (κ1) is 10.5. The number of aromatic nitrogens is 1. The van der Waals surface area contributed by atoms with E-state index in [9.17, 15) is 8.42 Å². The number of pyridine rings is 1. The molecular weight excluding hydrogens is 214 g/mol. The van der Waals surface area contributed by atoms with Crippen LogP contribution < -0.4 is 4.72 Å². The van der Waals surface area contributed by atoms with Gasteiger partial charge in [-0.3, -0.25) is 4.98 Å².